The number of hydrogen-bond acceptors (Lipinski definition) is 5. The van der Waals surface area contributed by atoms with Crippen LogP contribution in [-0.4, -0.2) is 52.7 Å². The van der Waals surface area contributed by atoms with Crippen molar-refractivity contribution in [2.24, 2.45) is 0 Å². The van der Waals surface area contributed by atoms with Crippen molar-refractivity contribution in [3.8, 4) is 0 Å². The molecule has 2 heterocycles. The van der Waals surface area contributed by atoms with E-state index in [-0.39, 0.29) is 12.1 Å². The molecular formula is C19H26N4O2. The maximum absolute atomic E-state index is 12.4. The van der Waals surface area contributed by atoms with Gasteiger partial charge in [-0.3, -0.25) is 4.98 Å². The van der Waals surface area contributed by atoms with Gasteiger partial charge in [-0.2, -0.15) is 0 Å². The molecule has 0 bridgehead atoms. The molecule has 134 valence electrons. The van der Waals surface area contributed by atoms with Crippen LogP contribution in [-0.2, 0) is 4.74 Å². The number of fused-ring (bicyclic) bond motifs is 1. The SMILES string of the molecule is CN(CC1CCCN1C(=O)OC(C)(C)C)c1cnc2ccccc2n1. The Morgan fingerprint density at radius 1 is 1.32 bits per heavy atom. The number of nitrogens with zero attached hydrogens (tertiary/aromatic N) is 4. The topological polar surface area (TPSA) is 58.6 Å². The van der Waals surface area contributed by atoms with Crippen molar-refractivity contribution in [3.63, 3.8) is 0 Å². The molecule has 1 unspecified atom stereocenters. The highest BCUT2D eigenvalue weighted by Crippen LogP contribution is 2.23. The highest BCUT2D eigenvalue weighted by atomic mass is 16.6. The van der Waals surface area contributed by atoms with Crippen molar-refractivity contribution in [3.05, 3.63) is 30.5 Å². The van der Waals surface area contributed by atoms with Gasteiger partial charge in [0.05, 0.1) is 23.3 Å². The zero-order valence-electron chi connectivity index (χ0n) is 15.4. The van der Waals surface area contributed by atoms with Crippen molar-refractivity contribution < 1.29 is 9.53 Å². The first kappa shape index (κ1) is 17.5. The summed E-state index contributed by atoms with van der Waals surface area (Å²) in [5.41, 5.74) is 1.29. The molecule has 0 spiro atoms. The second kappa shape index (κ2) is 6.86. The van der Waals surface area contributed by atoms with Crippen molar-refractivity contribution in [1.82, 2.24) is 14.9 Å². The summed E-state index contributed by atoms with van der Waals surface area (Å²) in [6.07, 6.45) is 3.54. The third kappa shape index (κ3) is 4.18. The second-order valence-electron chi connectivity index (χ2n) is 7.57. The fourth-order valence-electron chi connectivity index (χ4n) is 3.13. The number of benzene rings is 1. The van der Waals surface area contributed by atoms with E-state index in [1.54, 1.807) is 6.20 Å². The van der Waals surface area contributed by atoms with E-state index in [2.05, 4.69) is 14.9 Å². The number of ether oxygens (including phenoxy) is 1. The van der Waals surface area contributed by atoms with Crippen LogP contribution in [0.4, 0.5) is 10.6 Å². The standard InChI is InChI=1S/C19H26N4O2/c1-19(2,3)25-18(24)23-11-7-8-14(23)13-22(4)17-12-20-15-9-5-6-10-16(15)21-17/h5-6,9-10,12,14H,7-8,11,13H2,1-4H3. The van der Waals surface area contributed by atoms with Gasteiger partial charge in [-0.15, -0.1) is 0 Å². The van der Waals surface area contributed by atoms with Gasteiger partial charge in [-0.05, 0) is 45.7 Å². The summed E-state index contributed by atoms with van der Waals surface area (Å²) in [5.74, 6) is 0.815. The molecule has 1 aliphatic rings. The molecule has 1 fully saturated rings. The molecule has 1 aliphatic heterocycles. The first-order valence-electron chi connectivity index (χ1n) is 8.76. The van der Waals surface area contributed by atoms with Gasteiger partial charge in [0.25, 0.3) is 0 Å². The van der Waals surface area contributed by atoms with Gasteiger partial charge in [-0.1, -0.05) is 12.1 Å². The van der Waals surface area contributed by atoms with Gasteiger partial charge in [-0.25, -0.2) is 9.78 Å². The Bertz CT molecular complexity index is 756. The number of carbonyl (C=O) groups excluding carboxylic acids is 1. The molecule has 0 N–H and O–H groups in total. The number of likely N-dealkylation sites (N-methyl/N-ethyl adjacent to an activating group) is 1. The number of amides is 1. The van der Waals surface area contributed by atoms with Crippen molar-refractivity contribution in [2.75, 3.05) is 25.0 Å². The molecule has 0 radical (unpaired) electrons. The Morgan fingerprint density at radius 3 is 2.76 bits per heavy atom. The number of hydrogen-bond donors (Lipinski definition) is 0. The lowest BCUT2D eigenvalue weighted by atomic mass is 10.2. The fourth-order valence-corrected chi connectivity index (χ4v) is 3.13. The van der Waals surface area contributed by atoms with E-state index in [0.29, 0.717) is 6.54 Å². The summed E-state index contributed by atoms with van der Waals surface area (Å²) < 4.78 is 5.54. The highest BCUT2D eigenvalue weighted by molar-refractivity contribution is 5.75. The quantitative estimate of drug-likeness (QED) is 0.855. The minimum Gasteiger partial charge on any atom is -0.444 e. The van der Waals surface area contributed by atoms with E-state index in [1.165, 1.54) is 0 Å². The predicted molar refractivity (Wildman–Crippen MR) is 98.8 cm³/mol. The average molecular weight is 342 g/mol. The van der Waals surface area contributed by atoms with Gasteiger partial charge < -0.3 is 14.5 Å². The average Bonchev–Trinajstić information content (AvgIpc) is 3.01. The van der Waals surface area contributed by atoms with E-state index in [0.717, 1.165) is 36.2 Å². The molecule has 0 saturated carbocycles. The molecular weight excluding hydrogens is 316 g/mol. The molecule has 2 aromatic rings. The van der Waals surface area contributed by atoms with Crippen molar-refractivity contribution in [2.45, 2.75) is 45.3 Å². The first-order chi connectivity index (χ1) is 11.8. The van der Waals surface area contributed by atoms with E-state index < -0.39 is 5.60 Å². The highest BCUT2D eigenvalue weighted by Gasteiger charge is 2.33. The van der Waals surface area contributed by atoms with Gasteiger partial charge >= 0.3 is 6.09 Å². The number of carbonyl (C=O) groups is 1. The Morgan fingerprint density at radius 2 is 2.04 bits per heavy atom. The Kier molecular flexibility index (Phi) is 4.79. The van der Waals surface area contributed by atoms with Gasteiger partial charge in [0.2, 0.25) is 0 Å². The lowest BCUT2D eigenvalue weighted by Gasteiger charge is -2.31. The summed E-state index contributed by atoms with van der Waals surface area (Å²) in [4.78, 5) is 25.5. The number of aromatic nitrogens is 2. The normalized spacial score (nSPS) is 17.8. The fraction of sp³-hybridized carbons (Fsp3) is 0.526. The van der Waals surface area contributed by atoms with Crippen LogP contribution in [0.1, 0.15) is 33.6 Å². The van der Waals surface area contributed by atoms with E-state index in [4.69, 9.17) is 4.74 Å². The molecule has 1 aromatic heterocycles. The van der Waals surface area contributed by atoms with Gasteiger partial charge in [0.1, 0.15) is 11.4 Å². The van der Waals surface area contributed by atoms with Crippen molar-refractivity contribution >= 4 is 22.9 Å². The van der Waals surface area contributed by atoms with Crippen LogP contribution in [0.25, 0.3) is 11.0 Å². The Labute approximate surface area is 148 Å². The lowest BCUT2D eigenvalue weighted by molar-refractivity contribution is 0.0232. The third-order valence-corrected chi connectivity index (χ3v) is 4.32. The molecule has 1 amide bonds. The summed E-state index contributed by atoms with van der Waals surface area (Å²) in [5, 5.41) is 0. The zero-order chi connectivity index (χ0) is 18.0. The van der Waals surface area contributed by atoms with Gasteiger partial charge in [0.15, 0.2) is 0 Å². The minimum absolute atomic E-state index is 0.133. The van der Waals surface area contributed by atoms with Crippen LogP contribution in [0, 0.1) is 0 Å². The Hall–Kier alpha value is -2.37. The van der Waals surface area contributed by atoms with Crippen LogP contribution in [0.5, 0.6) is 0 Å². The molecule has 6 nitrogen and oxygen atoms in total. The molecule has 3 rings (SSSR count). The van der Waals surface area contributed by atoms with Gasteiger partial charge in [0, 0.05) is 20.1 Å². The number of rotatable bonds is 3. The first-order valence-corrected chi connectivity index (χ1v) is 8.76. The summed E-state index contributed by atoms with van der Waals surface area (Å²) in [7, 11) is 1.99. The third-order valence-electron chi connectivity index (χ3n) is 4.32. The van der Waals surface area contributed by atoms with Crippen LogP contribution < -0.4 is 4.90 Å². The van der Waals surface area contributed by atoms with E-state index in [1.807, 2.05) is 57.0 Å². The smallest absolute Gasteiger partial charge is 0.410 e. The van der Waals surface area contributed by atoms with E-state index in [9.17, 15) is 4.79 Å². The summed E-state index contributed by atoms with van der Waals surface area (Å²) >= 11 is 0. The molecule has 1 aromatic carbocycles. The van der Waals surface area contributed by atoms with Crippen LogP contribution in [0.2, 0.25) is 0 Å². The molecule has 1 saturated heterocycles. The summed E-state index contributed by atoms with van der Waals surface area (Å²) in [6, 6.07) is 7.96. The maximum atomic E-state index is 12.4. The van der Waals surface area contributed by atoms with Crippen LogP contribution in [0.3, 0.4) is 0 Å². The predicted octanol–water partition coefficient (Wildman–Crippen LogP) is 3.47. The van der Waals surface area contributed by atoms with Crippen LogP contribution in [0.15, 0.2) is 30.5 Å². The van der Waals surface area contributed by atoms with Crippen molar-refractivity contribution in [1.29, 1.82) is 0 Å². The summed E-state index contributed by atoms with van der Waals surface area (Å²) in [6.45, 7) is 7.15. The number of anilines is 1. The lowest BCUT2D eigenvalue weighted by Crippen LogP contribution is -2.44. The monoisotopic (exact) mass is 342 g/mol. The largest absolute Gasteiger partial charge is 0.444 e. The number of para-hydroxylation sites is 2. The van der Waals surface area contributed by atoms with E-state index >= 15 is 0 Å². The Balaban J connectivity index is 1.70. The molecule has 25 heavy (non-hydrogen) atoms. The maximum Gasteiger partial charge on any atom is 0.410 e. The molecule has 0 aliphatic carbocycles. The second-order valence-corrected chi connectivity index (χ2v) is 7.57. The molecule has 6 heteroatoms. The van der Waals surface area contributed by atoms with Crippen LogP contribution >= 0.6 is 0 Å². The zero-order valence-corrected chi connectivity index (χ0v) is 15.4. The minimum atomic E-state index is -0.472. The molecule has 1 atom stereocenters. The number of likely N-dealkylation sites (tertiary alicyclic amines) is 1.